The molecule has 22 rings (SSSR count). The van der Waals surface area contributed by atoms with Gasteiger partial charge in [-0.2, -0.15) is 0 Å². The van der Waals surface area contributed by atoms with Gasteiger partial charge in [-0.1, -0.05) is 346 Å². The lowest BCUT2D eigenvalue weighted by Crippen LogP contribution is -2.25. The summed E-state index contributed by atoms with van der Waals surface area (Å²) in [4.78, 5) is 21.5. The van der Waals surface area contributed by atoms with Gasteiger partial charge in [-0.15, -0.1) is 0 Å². The SMILES string of the molecule is c1ccc(-c2ccc(-c3nc(-c4ccc(-c5ccc(-c6cccc(-n7c(-c8cccc(-c9ccc%10c%11c(cccc9%11)-c9c-%10c(-c%10ccccc%10)c%10ccccc%10c9-c9ccccc9)c8)nc8ccccc87)c6)cc5)cc4)nc(-c4ccc5c(c4)C4(c6ccccc6-c6ccccc64)c4ccccc4-5)n3)cc2)cc1. The van der Waals surface area contributed by atoms with Crippen LogP contribution in [0.3, 0.4) is 0 Å². The molecule has 0 unspecified atom stereocenters. The molecule has 0 bridgehead atoms. The molecule has 5 heteroatoms. The first-order chi connectivity index (χ1) is 53.6. The predicted octanol–water partition coefficient (Wildman–Crippen LogP) is 26.2. The van der Waals surface area contributed by atoms with Crippen molar-refractivity contribution in [3.05, 3.63) is 404 Å². The molecule has 0 fully saturated rings. The average molecular weight is 1370 g/mol. The number of nitrogens with zero attached hydrogens (tertiary/aromatic N) is 5. The van der Waals surface area contributed by atoms with Crippen LogP contribution in [0.5, 0.6) is 0 Å². The zero-order chi connectivity index (χ0) is 71.0. The van der Waals surface area contributed by atoms with Crippen molar-refractivity contribution in [1.82, 2.24) is 24.5 Å². The Kier molecular flexibility index (Phi) is 13.9. The van der Waals surface area contributed by atoms with Gasteiger partial charge in [0.2, 0.25) is 0 Å². The van der Waals surface area contributed by atoms with Gasteiger partial charge in [0, 0.05) is 27.9 Å². The van der Waals surface area contributed by atoms with Crippen molar-refractivity contribution < 1.29 is 0 Å². The highest BCUT2D eigenvalue weighted by molar-refractivity contribution is 6.29. The van der Waals surface area contributed by atoms with E-state index in [9.17, 15) is 0 Å². The summed E-state index contributed by atoms with van der Waals surface area (Å²) in [5.74, 6) is 2.72. The van der Waals surface area contributed by atoms with E-state index < -0.39 is 5.41 Å². The first-order valence-electron chi connectivity index (χ1n) is 37.1. The number of aromatic nitrogens is 5. The van der Waals surface area contributed by atoms with Gasteiger partial charge in [0.05, 0.1) is 16.4 Å². The van der Waals surface area contributed by atoms with Gasteiger partial charge in [0.1, 0.15) is 5.82 Å². The second-order valence-electron chi connectivity index (χ2n) is 28.6. The van der Waals surface area contributed by atoms with Crippen LogP contribution in [0.4, 0.5) is 0 Å². The highest BCUT2D eigenvalue weighted by Crippen LogP contribution is 2.64. The first kappa shape index (κ1) is 61.2. The minimum atomic E-state index is -0.507. The van der Waals surface area contributed by atoms with Gasteiger partial charge in [-0.25, -0.2) is 19.9 Å². The Morgan fingerprint density at radius 1 is 0.204 bits per heavy atom. The second kappa shape index (κ2) is 24.4. The Morgan fingerprint density at radius 2 is 0.583 bits per heavy atom. The molecule has 0 radical (unpaired) electrons. The van der Waals surface area contributed by atoms with Crippen LogP contribution in [0.1, 0.15) is 22.3 Å². The molecule has 0 saturated heterocycles. The van der Waals surface area contributed by atoms with Gasteiger partial charge in [0.15, 0.2) is 17.5 Å². The fourth-order valence-corrected chi connectivity index (χ4v) is 18.1. The topological polar surface area (TPSA) is 56.5 Å². The minimum Gasteiger partial charge on any atom is -0.292 e. The molecule has 0 saturated carbocycles. The normalized spacial score (nSPS) is 12.5. The van der Waals surface area contributed by atoms with Crippen molar-refractivity contribution in [2.24, 2.45) is 0 Å². The predicted molar refractivity (Wildman–Crippen MR) is 445 cm³/mol. The molecular weight excluding hydrogens is 1310 g/mol. The highest BCUT2D eigenvalue weighted by Gasteiger charge is 2.51. The maximum absolute atomic E-state index is 5.44. The Morgan fingerprint density at radius 3 is 1.17 bits per heavy atom. The molecule has 0 atom stereocenters. The van der Waals surface area contributed by atoms with Crippen LogP contribution in [0, 0.1) is 0 Å². The van der Waals surface area contributed by atoms with Gasteiger partial charge in [-0.05, 0) is 191 Å². The van der Waals surface area contributed by atoms with E-state index in [2.05, 4.69) is 387 Å². The van der Waals surface area contributed by atoms with Crippen molar-refractivity contribution in [3.63, 3.8) is 0 Å². The van der Waals surface area contributed by atoms with Crippen molar-refractivity contribution >= 4 is 32.6 Å². The third-order valence-electron chi connectivity index (χ3n) is 22.9. The van der Waals surface area contributed by atoms with Crippen LogP contribution >= 0.6 is 0 Å². The molecule has 19 aromatic rings. The summed E-state index contributed by atoms with van der Waals surface area (Å²) in [6.07, 6.45) is 0. The molecule has 1 spiro atoms. The van der Waals surface area contributed by atoms with Crippen LogP contribution in [-0.2, 0) is 5.41 Å². The summed E-state index contributed by atoms with van der Waals surface area (Å²) < 4.78 is 2.33. The summed E-state index contributed by atoms with van der Waals surface area (Å²) in [5, 5.41) is 5.02. The van der Waals surface area contributed by atoms with Gasteiger partial charge in [-0.3, -0.25) is 4.57 Å². The quantitative estimate of drug-likeness (QED) is 0.129. The van der Waals surface area contributed by atoms with E-state index in [4.69, 9.17) is 19.9 Å². The number of hydrogen-bond acceptors (Lipinski definition) is 4. The van der Waals surface area contributed by atoms with E-state index in [1.807, 2.05) is 0 Å². The molecule has 2 heterocycles. The third kappa shape index (κ3) is 9.45. The molecule has 0 aliphatic heterocycles. The van der Waals surface area contributed by atoms with Crippen LogP contribution in [-0.4, -0.2) is 24.5 Å². The second-order valence-corrected chi connectivity index (χ2v) is 28.6. The van der Waals surface area contributed by atoms with Crippen molar-refractivity contribution in [2.75, 3.05) is 0 Å². The largest absolute Gasteiger partial charge is 0.292 e. The number of imidazole rings is 1. The third-order valence-corrected chi connectivity index (χ3v) is 22.9. The van der Waals surface area contributed by atoms with E-state index in [1.165, 1.54) is 116 Å². The van der Waals surface area contributed by atoms with Crippen LogP contribution in [0.25, 0.3) is 195 Å². The fourth-order valence-electron chi connectivity index (χ4n) is 18.1. The maximum atomic E-state index is 5.44. The molecular formula is C103H63N5. The minimum absolute atomic E-state index is 0.507. The van der Waals surface area contributed by atoms with E-state index in [0.717, 1.165) is 83.7 Å². The molecule has 0 amide bonds. The van der Waals surface area contributed by atoms with Gasteiger partial charge < -0.3 is 0 Å². The summed E-state index contributed by atoms with van der Waals surface area (Å²) in [6, 6.07) is 139. The lowest BCUT2D eigenvalue weighted by atomic mass is 9.70. The Labute approximate surface area is 625 Å². The number of benzene rings is 17. The Hall–Kier alpha value is -14.3. The summed E-state index contributed by atoms with van der Waals surface area (Å²) in [5.41, 5.74) is 35.5. The van der Waals surface area contributed by atoms with Crippen molar-refractivity contribution in [1.29, 1.82) is 0 Å². The van der Waals surface area contributed by atoms with E-state index in [0.29, 0.717) is 17.5 Å². The number of rotatable bonds is 11. The Balaban J connectivity index is 0.594. The van der Waals surface area contributed by atoms with Gasteiger partial charge in [0.25, 0.3) is 0 Å². The van der Waals surface area contributed by atoms with Crippen LogP contribution < -0.4 is 0 Å². The first-order valence-corrected chi connectivity index (χ1v) is 37.1. The number of para-hydroxylation sites is 2. The van der Waals surface area contributed by atoms with E-state index in [1.54, 1.807) is 0 Å². The summed E-state index contributed by atoms with van der Waals surface area (Å²) in [7, 11) is 0. The summed E-state index contributed by atoms with van der Waals surface area (Å²) >= 11 is 0. The molecule has 500 valence electrons. The van der Waals surface area contributed by atoms with E-state index >= 15 is 0 Å². The fraction of sp³-hybridized carbons (Fsp3) is 0.00971. The Bertz CT molecular complexity index is 6720. The van der Waals surface area contributed by atoms with Crippen molar-refractivity contribution in [3.8, 4) is 163 Å². The maximum Gasteiger partial charge on any atom is 0.164 e. The zero-order valence-electron chi connectivity index (χ0n) is 58.6. The lowest BCUT2D eigenvalue weighted by Gasteiger charge is -2.30. The number of fused-ring (bicyclic) bond motifs is 15. The van der Waals surface area contributed by atoms with Crippen LogP contribution in [0.2, 0.25) is 0 Å². The number of hydrogen-bond donors (Lipinski definition) is 0. The molecule has 17 aromatic carbocycles. The smallest absolute Gasteiger partial charge is 0.164 e. The van der Waals surface area contributed by atoms with Crippen molar-refractivity contribution in [2.45, 2.75) is 5.41 Å². The zero-order valence-corrected chi connectivity index (χ0v) is 58.6. The molecule has 3 aliphatic carbocycles. The molecule has 2 aromatic heterocycles. The van der Waals surface area contributed by atoms with Gasteiger partial charge >= 0.3 is 0 Å². The highest BCUT2D eigenvalue weighted by atomic mass is 15.1. The standard InChI is InChI=1S/C103H63N5/c1-4-23-64(24-5-1)65-49-53-71(54-50-65)99-105-100(107-101(106-99)75-57-58-82-81-35-14-17-42-90(81)103(91(82)63-75)88-40-15-12-33-79(88)80-34-13-16-41-89(80)103)72-55-51-67(52-56-72)66-45-47-68(48-46-66)73-29-21-32-77(62-73)108-93-44-19-18-43-92(93)104-102(108)76-31-20-30-74(61-76)78-59-60-87-96-83(78)38-22-39-86(96)97-94(69-25-6-2-7-26-69)84-36-10-11-37-85(84)95(98(87)97)70-27-8-3-9-28-70/h1-63H. The van der Waals surface area contributed by atoms with E-state index in [-0.39, 0.29) is 0 Å². The molecule has 0 N–H and O–H groups in total. The molecule has 3 aliphatic rings. The van der Waals surface area contributed by atoms with Crippen LogP contribution in [0.15, 0.2) is 382 Å². The molecule has 5 nitrogen and oxygen atoms in total. The molecule has 108 heavy (non-hydrogen) atoms. The average Bonchev–Trinajstić information content (AvgIpc) is 1.51. The lowest BCUT2D eigenvalue weighted by molar-refractivity contribution is 0.794. The monoisotopic (exact) mass is 1370 g/mol. The summed E-state index contributed by atoms with van der Waals surface area (Å²) in [6.45, 7) is 0.